The lowest BCUT2D eigenvalue weighted by molar-refractivity contribution is 0.172. The number of aliphatic hydroxyl groups is 2. The minimum absolute atomic E-state index is 0.167. The molecule has 5 nitrogen and oxygen atoms in total. The topological polar surface area (TPSA) is 84.8 Å². The van der Waals surface area contributed by atoms with E-state index in [4.69, 9.17) is 0 Å². The van der Waals surface area contributed by atoms with Crippen LogP contribution < -0.4 is 10.6 Å². The van der Waals surface area contributed by atoms with Crippen molar-refractivity contribution in [3.63, 3.8) is 0 Å². The maximum absolute atomic E-state index is 10.6. The molecule has 1 rings (SSSR count). The van der Waals surface area contributed by atoms with E-state index in [1.807, 2.05) is 12.1 Å². The monoisotopic (exact) mass is 661 g/mol. The molecule has 2 unspecified atom stereocenters. The number of hydrogen-bond acceptors (Lipinski definition) is 5. The Morgan fingerprint density at radius 3 is 1.13 bits per heavy atom. The maximum atomic E-state index is 10.6. The molecule has 0 fully saturated rings. The van der Waals surface area contributed by atoms with Crippen molar-refractivity contribution in [2.45, 2.75) is 219 Å². The van der Waals surface area contributed by atoms with Crippen molar-refractivity contribution >= 4 is 11.4 Å². The van der Waals surface area contributed by atoms with Gasteiger partial charge in [0.2, 0.25) is 0 Å². The summed E-state index contributed by atoms with van der Waals surface area (Å²) in [7, 11) is 0. The predicted octanol–water partition coefficient (Wildman–Crippen LogP) is 12.7. The molecule has 5 N–H and O–H groups in total. The lowest BCUT2D eigenvalue weighted by Gasteiger charge is -2.19. The Labute approximate surface area is 292 Å². The van der Waals surface area contributed by atoms with Gasteiger partial charge < -0.3 is 26.0 Å². The molecule has 2 atom stereocenters. The Morgan fingerprint density at radius 1 is 0.447 bits per heavy atom. The zero-order valence-corrected chi connectivity index (χ0v) is 31.4. The first-order valence-corrected chi connectivity index (χ1v) is 20.7. The first-order valence-electron chi connectivity index (χ1n) is 20.7. The van der Waals surface area contributed by atoms with Crippen LogP contribution in [0.15, 0.2) is 18.2 Å². The minimum Gasteiger partial charge on any atom is -0.506 e. The van der Waals surface area contributed by atoms with Gasteiger partial charge in [0.25, 0.3) is 0 Å². The van der Waals surface area contributed by atoms with Gasteiger partial charge in [-0.1, -0.05) is 200 Å². The van der Waals surface area contributed by atoms with Gasteiger partial charge in [-0.2, -0.15) is 0 Å². The average molecular weight is 661 g/mol. The summed E-state index contributed by atoms with van der Waals surface area (Å²) in [5, 5.41) is 38.2. The van der Waals surface area contributed by atoms with Crippen LogP contribution in [0.4, 0.5) is 11.4 Å². The third-order valence-corrected chi connectivity index (χ3v) is 9.87. The Morgan fingerprint density at radius 2 is 0.766 bits per heavy atom. The zero-order chi connectivity index (χ0) is 34.0. The van der Waals surface area contributed by atoms with Crippen molar-refractivity contribution in [1.82, 2.24) is 0 Å². The van der Waals surface area contributed by atoms with Gasteiger partial charge in [0.15, 0.2) is 0 Å². The van der Waals surface area contributed by atoms with Crippen LogP contribution in [0.1, 0.15) is 206 Å². The molecule has 0 spiro atoms. The molecule has 0 heterocycles. The fourth-order valence-corrected chi connectivity index (χ4v) is 6.67. The molecule has 0 aromatic heterocycles. The molecule has 0 saturated carbocycles. The van der Waals surface area contributed by atoms with Gasteiger partial charge in [-0.3, -0.25) is 0 Å². The molecule has 5 heteroatoms. The van der Waals surface area contributed by atoms with E-state index < -0.39 is 12.2 Å². The number of hydrogen-bond donors (Lipinski definition) is 5. The number of aliphatic hydroxyl groups excluding tert-OH is 2. The predicted molar refractivity (Wildman–Crippen MR) is 207 cm³/mol. The van der Waals surface area contributed by atoms with Crippen LogP contribution in [-0.4, -0.2) is 40.6 Å². The Balaban J connectivity index is 2.06. The number of benzene rings is 1. The summed E-state index contributed by atoms with van der Waals surface area (Å²) in [4.78, 5) is 0. The minimum atomic E-state index is -0.439. The number of unbranched alkanes of at least 4 members (excludes halogenated alkanes) is 26. The molecule has 0 saturated heterocycles. The molecule has 0 aliphatic heterocycles. The highest BCUT2D eigenvalue weighted by Crippen LogP contribution is 2.31. The van der Waals surface area contributed by atoms with E-state index in [2.05, 4.69) is 24.5 Å². The van der Waals surface area contributed by atoms with Crippen LogP contribution in [0, 0.1) is 0 Å². The number of phenols is 1. The van der Waals surface area contributed by atoms with Gasteiger partial charge in [0, 0.05) is 13.1 Å². The van der Waals surface area contributed by atoms with Crippen molar-refractivity contribution in [3.05, 3.63) is 18.2 Å². The fraction of sp³-hybridized carbons (Fsp3) is 0.857. The van der Waals surface area contributed by atoms with Crippen LogP contribution >= 0.6 is 0 Å². The molecular weight excluding hydrogens is 580 g/mol. The summed E-state index contributed by atoms with van der Waals surface area (Å²) < 4.78 is 0. The van der Waals surface area contributed by atoms with Crippen LogP contribution in [0.2, 0.25) is 0 Å². The molecule has 276 valence electrons. The van der Waals surface area contributed by atoms with E-state index in [0.717, 1.165) is 31.4 Å². The lowest BCUT2D eigenvalue weighted by atomic mass is 10.0. The zero-order valence-electron chi connectivity index (χ0n) is 31.4. The highest BCUT2D eigenvalue weighted by molar-refractivity contribution is 5.75. The van der Waals surface area contributed by atoms with Crippen LogP contribution in [0.3, 0.4) is 0 Å². The number of nitrogens with one attached hydrogen (secondary N) is 2. The Kier molecular flexibility index (Phi) is 30.6. The second-order valence-electron chi connectivity index (χ2n) is 14.5. The van der Waals surface area contributed by atoms with Crippen molar-refractivity contribution in [2.75, 3.05) is 23.7 Å². The third-order valence-electron chi connectivity index (χ3n) is 9.87. The summed E-state index contributed by atoms with van der Waals surface area (Å²) in [5.74, 6) is 0.167. The van der Waals surface area contributed by atoms with Crippen molar-refractivity contribution in [3.8, 4) is 5.75 Å². The van der Waals surface area contributed by atoms with Crippen molar-refractivity contribution in [2.24, 2.45) is 0 Å². The van der Waals surface area contributed by atoms with E-state index in [-0.39, 0.29) is 5.75 Å². The number of phenolic OH excluding ortho intramolecular Hbond substituents is 1. The highest BCUT2D eigenvalue weighted by atomic mass is 16.3. The molecule has 0 aliphatic carbocycles. The summed E-state index contributed by atoms with van der Waals surface area (Å²) in [6, 6.07) is 5.40. The number of anilines is 2. The van der Waals surface area contributed by atoms with E-state index in [1.54, 1.807) is 6.07 Å². The maximum Gasteiger partial charge on any atom is 0.140 e. The first-order chi connectivity index (χ1) is 23.1. The highest BCUT2D eigenvalue weighted by Gasteiger charge is 2.12. The van der Waals surface area contributed by atoms with Crippen LogP contribution in [0.5, 0.6) is 5.75 Å². The third kappa shape index (κ3) is 27.1. The standard InChI is InChI=1S/C42H80N2O3/c1-3-5-7-9-11-13-15-17-19-21-23-25-27-29-32-38(45)36-43-40-34-31-35-41(47)42(40)44-37-39(46)33-30-28-26-24-22-20-18-16-14-12-10-8-6-4-2/h31,34-35,38-39,43-47H,3-30,32-33,36-37H2,1-2H3. The van der Waals surface area contributed by atoms with Crippen LogP contribution in [0.25, 0.3) is 0 Å². The van der Waals surface area contributed by atoms with Crippen molar-refractivity contribution < 1.29 is 15.3 Å². The van der Waals surface area contributed by atoms with E-state index in [9.17, 15) is 15.3 Å². The van der Waals surface area contributed by atoms with Gasteiger partial charge in [0.1, 0.15) is 11.4 Å². The molecular formula is C42H80N2O3. The summed E-state index contributed by atoms with van der Waals surface area (Å²) in [5.41, 5.74) is 1.38. The smallest absolute Gasteiger partial charge is 0.140 e. The summed E-state index contributed by atoms with van der Waals surface area (Å²) in [6.45, 7) is 5.42. The lowest BCUT2D eigenvalue weighted by Crippen LogP contribution is -2.22. The van der Waals surface area contributed by atoms with Gasteiger partial charge >= 0.3 is 0 Å². The summed E-state index contributed by atoms with van der Waals surface area (Å²) in [6.07, 6.45) is 38.1. The molecule has 0 amide bonds. The van der Waals surface area contributed by atoms with Crippen LogP contribution in [-0.2, 0) is 0 Å². The van der Waals surface area contributed by atoms with E-state index >= 15 is 0 Å². The van der Waals surface area contributed by atoms with Gasteiger partial charge in [-0.15, -0.1) is 0 Å². The molecule has 47 heavy (non-hydrogen) atoms. The van der Waals surface area contributed by atoms with Gasteiger partial charge in [0.05, 0.1) is 17.9 Å². The van der Waals surface area contributed by atoms with E-state index in [1.165, 1.54) is 167 Å². The normalized spacial score (nSPS) is 12.8. The SMILES string of the molecule is CCCCCCCCCCCCCCCCC(O)CNc1cccc(O)c1NCC(O)CCCCCCCCCCCCCCCC. The Hall–Kier alpha value is -1.46. The largest absolute Gasteiger partial charge is 0.506 e. The van der Waals surface area contributed by atoms with Gasteiger partial charge in [-0.05, 0) is 25.0 Å². The summed E-state index contributed by atoms with van der Waals surface area (Å²) >= 11 is 0. The Bertz CT molecular complexity index is 789. The number of para-hydroxylation sites is 1. The van der Waals surface area contributed by atoms with E-state index in [0.29, 0.717) is 18.8 Å². The second kappa shape index (κ2) is 33.1. The number of aromatic hydroxyl groups is 1. The average Bonchev–Trinajstić information content (AvgIpc) is 3.07. The van der Waals surface area contributed by atoms with Gasteiger partial charge in [-0.25, -0.2) is 0 Å². The molecule has 0 radical (unpaired) electrons. The second-order valence-corrected chi connectivity index (χ2v) is 14.5. The quantitative estimate of drug-likeness (QED) is 0.0365. The molecule has 0 bridgehead atoms. The van der Waals surface area contributed by atoms with Crippen molar-refractivity contribution in [1.29, 1.82) is 0 Å². The molecule has 1 aromatic carbocycles. The molecule has 1 aromatic rings. The first kappa shape index (κ1) is 43.6. The fourth-order valence-electron chi connectivity index (χ4n) is 6.67. The number of rotatable bonds is 36. The molecule has 0 aliphatic rings.